The van der Waals surface area contributed by atoms with Gasteiger partial charge in [0.25, 0.3) is 5.91 Å². The molecule has 1 heterocycles. The maximum atomic E-state index is 12.2. The number of thiophene rings is 1. The van der Waals surface area contributed by atoms with Crippen LogP contribution >= 0.6 is 27.3 Å². The van der Waals surface area contributed by atoms with Gasteiger partial charge in [-0.25, -0.2) is 0 Å². The third-order valence-electron chi connectivity index (χ3n) is 3.43. The number of amides is 1. The Balaban J connectivity index is 1.95. The van der Waals surface area contributed by atoms with Gasteiger partial charge in [0.05, 0.1) is 4.88 Å². The summed E-state index contributed by atoms with van der Waals surface area (Å²) in [7, 11) is 1.91. The van der Waals surface area contributed by atoms with E-state index in [0.717, 1.165) is 11.4 Å². The lowest BCUT2D eigenvalue weighted by Gasteiger charge is -2.34. The van der Waals surface area contributed by atoms with Crippen LogP contribution < -0.4 is 0 Å². The van der Waals surface area contributed by atoms with Crippen LogP contribution in [0, 0.1) is 19.8 Å². The predicted molar refractivity (Wildman–Crippen MR) is 76.2 cm³/mol. The molecule has 1 fully saturated rings. The Labute approximate surface area is 115 Å². The van der Waals surface area contributed by atoms with Crippen molar-refractivity contribution in [2.24, 2.45) is 5.92 Å². The molecule has 0 aliphatic heterocycles. The van der Waals surface area contributed by atoms with Gasteiger partial charge in [-0.05, 0) is 44.2 Å². The lowest BCUT2D eigenvalue weighted by Crippen LogP contribution is -2.37. The van der Waals surface area contributed by atoms with Crippen LogP contribution in [0.5, 0.6) is 0 Å². The second kappa shape index (κ2) is 5.11. The summed E-state index contributed by atoms with van der Waals surface area (Å²) in [4.78, 5) is 16.8. The van der Waals surface area contributed by atoms with Gasteiger partial charge < -0.3 is 4.90 Å². The summed E-state index contributed by atoms with van der Waals surface area (Å²) in [6, 6.07) is 2.01. The number of nitrogens with zero attached hydrogens (tertiary/aromatic N) is 1. The van der Waals surface area contributed by atoms with Crippen LogP contribution in [0.3, 0.4) is 0 Å². The lowest BCUT2D eigenvalue weighted by atomic mass is 9.85. The van der Waals surface area contributed by atoms with Gasteiger partial charge in [0.15, 0.2) is 0 Å². The van der Waals surface area contributed by atoms with Gasteiger partial charge in [-0.15, -0.1) is 11.3 Å². The van der Waals surface area contributed by atoms with Gasteiger partial charge >= 0.3 is 0 Å². The fourth-order valence-electron chi connectivity index (χ4n) is 2.14. The zero-order chi connectivity index (χ0) is 12.6. The Kier molecular flexibility index (Phi) is 3.93. The van der Waals surface area contributed by atoms with Crippen LogP contribution in [0.4, 0.5) is 0 Å². The Hall–Kier alpha value is -0.350. The highest BCUT2D eigenvalue weighted by Gasteiger charge is 2.29. The maximum absolute atomic E-state index is 12.2. The zero-order valence-electron chi connectivity index (χ0n) is 10.5. The highest BCUT2D eigenvalue weighted by molar-refractivity contribution is 9.09. The minimum Gasteiger partial charge on any atom is -0.341 e. The van der Waals surface area contributed by atoms with Crippen molar-refractivity contribution in [2.75, 3.05) is 13.6 Å². The molecule has 1 aliphatic carbocycles. The van der Waals surface area contributed by atoms with Crippen LogP contribution in [-0.4, -0.2) is 29.2 Å². The van der Waals surface area contributed by atoms with E-state index in [1.165, 1.54) is 23.3 Å². The molecular weight excluding hydrogens is 298 g/mol. The van der Waals surface area contributed by atoms with E-state index >= 15 is 0 Å². The van der Waals surface area contributed by atoms with Crippen LogP contribution in [-0.2, 0) is 0 Å². The molecular formula is C13H18BrNOS. The molecule has 1 aromatic heterocycles. The van der Waals surface area contributed by atoms with Crippen molar-refractivity contribution in [1.82, 2.24) is 4.90 Å². The molecule has 0 N–H and O–H groups in total. The van der Waals surface area contributed by atoms with Crippen molar-refractivity contribution in [3.05, 3.63) is 21.4 Å². The van der Waals surface area contributed by atoms with Gasteiger partial charge in [-0.1, -0.05) is 15.9 Å². The first-order chi connectivity index (χ1) is 7.97. The van der Waals surface area contributed by atoms with E-state index < -0.39 is 0 Å². The monoisotopic (exact) mass is 315 g/mol. The maximum Gasteiger partial charge on any atom is 0.263 e. The molecule has 1 aliphatic rings. The van der Waals surface area contributed by atoms with Crippen LogP contribution in [0.2, 0.25) is 0 Å². The quantitative estimate of drug-likeness (QED) is 0.780. The smallest absolute Gasteiger partial charge is 0.263 e. The summed E-state index contributed by atoms with van der Waals surface area (Å²) in [6.45, 7) is 5.01. The van der Waals surface area contributed by atoms with Crippen molar-refractivity contribution in [2.45, 2.75) is 31.5 Å². The molecule has 0 unspecified atom stereocenters. The highest BCUT2D eigenvalue weighted by atomic mass is 79.9. The highest BCUT2D eigenvalue weighted by Crippen LogP contribution is 2.34. The fraction of sp³-hybridized carbons (Fsp3) is 0.615. The molecule has 0 spiro atoms. The number of halogens is 1. The fourth-order valence-corrected chi connectivity index (χ4v) is 4.23. The molecule has 0 atom stereocenters. The standard InChI is InChI=1S/C13H18BrNOS/c1-8-4-12(17-9(8)2)13(16)15(3)7-10-5-11(14)6-10/h4,10-11H,5-7H2,1-3H3. The van der Waals surface area contributed by atoms with Gasteiger partial charge in [-0.2, -0.15) is 0 Å². The van der Waals surface area contributed by atoms with E-state index in [0.29, 0.717) is 10.7 Å². The Morgan fingerprint density at radius 1 is 1.53 bits per heavy atom. The lowest BCUT2D eigenvalue weighted by molar-refractivity contribution is 0.0753. The average Bonchev–Trinajstić information content (AvgIpc) is 2.56. The first-order valence-corrected chi connectivity index (χ1v) is 7.67. The number of carbonyl (C=O) groups excluding carboxylic acids is 1. The topological polar surface area (TPSA) is 20.3 Å². The molecule has 94 valence electrons. The van der Waals surface area contributed by atoms with Crippen molar-refractivity contribution in [3.8, 4) is 0 Å². The van der Waals surface area contributed by atoms with E-state index in [1.807, 2.05) is 18.0 Å². The Bertz CT molecular complexity index is 404. The van der Waals surface area contributed by atoms with Crippen LogP contribution in [0.25, 0.3) is 0 Å². The molecule has 0 bridgehead atoms. The van der Waals surface area contributed by atoms with E-state index in [1.54, 1.807) is 11.3 Å². The summed E-state index contributed by atoms with van der Waals surface area (Å²) in [5, 5.41) is 0. The zero-order valence-corrected chi connectivity index (χ0v) is 12.9. The minimum absolute atomic E-state index is 0.171. The number of hydrogen-bond acceptors (Lipinski definition) is 2. The van der Waals surface area contributed by atoms with Gasteiger partial charge in [-0.3, -0.25) is 4.79 Å². The minimum atomic E-state index is 0.171. The molecule has 2 rings (SSSR count). The number of carbonyl (C=O) groups is 1. The molecule has 1 aromatic rings. The van der Waals surface area contributed by atoms with Gasteiger partial charge in [0, 0.05) is 23.3 Å². The predicted octanol–water partition coefficient (Wildman–Crippen LogP) is 3.61. The molecule has 1 amide bonds. The van der Waals surface area contributed by atoms with Crippen LogP contribution in [0.1, 0.15) is 33.0 Å². The first kappa shape index (κ1) is 13.1. The largest absolute Gasteiger partial charge is 0.341 e. The SMILES string of the molecule is Cc1cc(C(=O)N(C)CC2CC(Br)C2)sc1C. The van der Waals surface area contributed by atoms with Gasteiger partial charge in [0.1, 0.15) is 0 Å². The van der Waals surface area contributed by atoms with Gasteiger partial charge in [0.2, 0.25) is 0 Å². The van der Waals surface area contributed by atoms with E-state index in [9.17, 15) is 4.79 Å². The Morgan fingerprint density at radius 3 is 2.65 bits per heavy atom. The summed E-state index contributed by atoms with van der Waals surface area (Å²) < 4.78 is 0. The number of alkyl halides is 1. The molecule has 0 saturated heterocycles. The molecule has 0 aromatic carbocycles. The number of hydrogen-bond donors (Lipinski definition) is 0. The van der Waals surface area contributed by atoms with E-state index in [2.05, 4.69) is 29.8 Å². The molecule has 2 nitrogen and oxygen atoms in total. The summed E-state index contributed by atoms with van der Waals surface area (Å²) in [6.07, 6.45) is 2.39. The van der Waals surface area contributed by atoms with Crippen molar-refractivity contribution in [1.29, 1.82) is 0 Å². The molecule has 4 heteroatoms. The molecule has 17 heavy (non-hydrogen) atoms. The third-order valence-corrected chi connectivity index (χ3v) is 5.32. The first-order valence-electron chi connectivity index (χ1n) is 5.94. The average molecular weight is 316 g/mol. The second-order valence-electron chi connectivity index (χ2n) is 4.97. The van der Waals surface area contributed by atoms with Crippen molar-refractivity contribution in [3.63, 3.8) is 0 Å². The summed E-state index contributed by atoms with van der Waals surface area (Å²) >= 11 is 5.19. The summed E-state index contributed by atoms with van der Waals surface area (Å²) in [5.41, 5.74) is 1.22. The second-order valence-corrected chi connectivity index (χ2v) is 7.52. The normalized spacial score (nSPS) is 23.3. The number of rotatable bonds is 3. The van der Waals surface area contributed by atoms with E-state index in [-0.39, 0.29) is 5.91 Å². The molecule has 0 radical (unpaired) electrons. The Morgan fingerprint density at radius 2 is 2.18 bits per heavy atom. The van der Waals surface area contributed by atoms with Crippen molar-refractivity contribution >= 4 is 33.2 Å². The van der Waals surface area contributed by atoms with Crippen molar-refractivity contribution < 1.29 is 4.79 Å². The summed E-state index contributed by atoms with van der Waals surface area (Å²) in [5.74, 6) is 0.847. The van der Waals surface area contributed by atoms with E-state index in [4.69, 9.17) is 0 Å². The molecule has 1 saturated carbocycles. The van der Waals surface area contributed by atoms with Crippen LogP contribution in [0.15, 0.2) is 6.07 Å². The third kappa shape index (κ3) is 2.91. The number of aryl methyl sites for hydroxylation is 2.